The Hall–Kier alpha value is -1.20. The van der Waals surface area contributed by atoms with Crippen molar-refractivity contribution in [3.63, 3.8) is 0 Å². The van der Waals surface area contributed by atoms with Crippen LogP contribution >= 0.6 is 11.3 Å². The molecular weight excluding hydrogens is 294 g/mol. The first-order valence-corrected chi connectivity index (χ1v) is 9.39. The third kappa shape index (κ3) is 2.72. The molecule has 2 aliphatic rings. The Labute approximate surface area is 134 Å². The van der Waals surface area contributed by atoms with Crippen LogP contribution in [0.4, 0.5) is 0 Å². The van der Waals surface area contributed by atoms with Crippen molar-refractivity contribution >= 4 is 21.6 Å². The molecule has 4 rings (SSSR count). The zero-order chi connectivity index (χ0) is 14.9. The number of hydrogen-bond donors (Lipinski definition) is 1. The van der Waals surface area contributed by atoms with Gasteiger partial charge >= 0.3 is 0 Å². The monoisotopic (exact) mass is 317 g/mol. The first kappa shape index (κ1) is 14.4. The number of nitrogens with one attached hydrogen (secondary N) is 1. The van der Waals surface area contributed by atoms with E-state index >= 15 is 0 Å². The average Bonchev–Trinajstić information content (AvgIpc) is 3.01. The molecule has 0 aromatic carbocycles. The Kier molecular flexibility index (Phi) is 4.01. The van der Waals surface area contributed by atoms with E-state index in [1.165, 1.54) is 49.0 Å². The van der Waals surface area contributed by atoms with Crippen molar-refractivity contribution < 1.29 is 0 Å². The van der Waals surface area contributed by atoms with Gasteiger partial charge in [0.1, 0.15) is 10.7 Å². The van der Waals surface area contributed by atoms with Crippen LogP contribution in [-0.4, -0.2) is 28.0 Å². The van der Waals surface area contributed by atoms with Gasteiger partial charge in [-0.15, -0.1) is 11.3 Å². The first-order valence-electron chi connectivity index (χ1n) is 8.57. The van der Waals surface area contributed by atoms with Crippen molar-refractivity contribution in [1.82, 2.24) is 14.9 Å². The second-order valence-corrected chi connectivity index (χ2v) is 7.68. The molecule has 1 saturated heterocycles. The number of rotatable bonds is 2. The van der Waals surface area contributed by atoms with Crippen LogP contribution in [0.15, 0.2) is 4.79 Å². The molecule has 22 heavy (non-hydrogen) atoms. The molecule has 0 radical (unpaired) electrons. The van der Waals surface area contributed by atoms with E-state index < -0.39 is 0 Å². The summed E-state index contributed by atoms with van der Waals surface area (Å²) in [4.78, 5) is 25.1. The van der Waals surface area contributed by atoms with Crippen LogP contribution in [0.5, 0.6) is 0 Å². The Morgan fingerprint density at radius 3 is 2.64 bits per heavy atom. The van der Waals surface area contributed by atoms with Gasteiger partial charge in [-0.25, -0.2) is 4.98 Å². The van der Waals surface area contributed by atoms with E-state index in [4.69, 9.17) is 4.98 Å². The van der Waals surface area contributed by atoms with E-state index in [1.807, 2.05) is 0 Å². The number of aromatic nitrogens is 2. The fraction of sp³-hybridized carbons (Fsp3) is 0.647. The van der Waals surface area contributed by atoms with Gasteiger partial charge in [0.2, 0.25) is 0 Å². The van der Waals surface area contributed by atoms with Crippen molar-refractivity contribution in [3.8, 4) is 0 Å². The molecular formula is C17H23N3OS. The molecule has 0 amide bonds. The van der Waals surface area contributed by atoms with E-state index in [9.17, 15) is 4.79 Å². The number of likely N-dealkylation sites (tertiary alicyclic amines) is 1. The van der Waals surface area contributed by atoms with Crippen LogP contribution < -0.4 is 5.56 Å². The molecule has 1 N–H and O–H groups in total. The predicted molar refractivity (Wildman–Crippen MR) is 90.6 cm³/mol. The Morgan fingerprint density at radius 2 is 1.82 bits per heavy atom. The van der Waals surface area contributed by atoms with Crippen molar-refractivity contribution in [2.45, 2.75) is 57.9 Å². The maximum absolute atomic E-state index is 12.5. The maximum Gasteiger partial charge on any atom is 0.259 e. The molecule has 2 aromatic heterocycles. The predicted octanol–water partition coefficient (Wildman–Crippen LogP) is 3.24. The van der Waals surface area contributed by atoms with Crippen molar-refractivity contribution in [1.29, 1.82) is 0 Å². The fourth-order valence-electron chi connectivity index (χ4n) is 3.80. The van der Waals surface area contributed by atoms with Crippen molar-refractivity contribution in [3.05, 3.63) is 26.6 Å². The van der Waals surface area contributed by atoms with Crippen LogP contribution in [0.3, 0.4) is 0 Å². The van der Waals surface area contributed by atoms with Gasteiger partial charge in [0, 0.05) is 4.88 Å². The summed E-state index contributed by atoms with van der Waals surface area (Å²) in [5, 5.41) is 0.869. The molecule has 1 fully saturated rings. The van der Waals surface area contributed by atoms with E-state index in [0.29, 0.717) is 0 Å². The third-order valence-corrected chi connectivity index (χ3v) is 6.13. The van der Waals surface area contributed by atoms with Crippen molar-refractivity contribution in [2.75, 3.05) is 13.1 Å². The molecule has 0 atom stereocenters. The number of nitrogens with zero attached hydrogens (tertiary/aromatic N) is 2. The fourth-order valence-corrected chi connectivity index (χ4v) is 5.09. The van der Waals surface area contributed by atoms with Crippen LogP contribution in [0.1, 0.15) is 54.8 Å². The lowest BCUT2D eigenvalue weighted by atomic mass is 10.1. The lowest BCUT2D eigenvalue weighted by Crippen LogP contribution is -2.28. The molecule has 0 spiro atoms. The quantitative estimate of drug-likeness (QED) is 0.925. The van der Waals surface area contributed by atoms with Gasteiger partial charge in [-0.1, -0.05) is 19.3 Å². The summed E-state index contributed by atoms with van der Waals surface area (Å²) in [6, 6.07) is 0. The summed E-state index contributed by atoms with van der Waals surface area (Å²) in [5.41, 5.74) is 1.35. The summed E-state index contributed by atoms with van der Waals surface area (Å²) in [6.45, 7) is 3.04. The number of H-pyrrole nitrogens is 1. The minimum atomic E-state index is 0.0754. The molecule has 2 aromatic rings. The minimum Gasteiger partial charge on any atom is -0.309 e. The normalized spacial score (nSPS) is 20.0. The lowest BCUT2D eigenvalue weighted by molar-refractivity contribution is 0.234. The standard InChI is InChI=1S/C17H23N3OS/c21-16-15-12-7-6-8-13(12)22-17(15)19-14(18-16)11-20-9-4-2-1-3-5-10-20/h1-11H2,(H,18,19,21). The van der Waals surface area contributed by atoms with Gasteiger partial charge in [-0.05, 0) is 50.8 Å². The Balaban J connectivity index is 1.61. The van der Waals surface area contributed by atoms with Crippen LogP contribution in [0, 0.1) is 0 Å². The summed E-state index contributed by atoms with van der Waals surface area (Å²) in [5.74, 6) is 0.845. The van der Waals surface area contributed by atoms with E-state index in [0.717, 1.165) is 48.5 Å². The van der Waals surface area contributed by atoms with Gasteiger partial charge in [-0.2, -0.15) is 0 Å². The largest absolute Gasteiger partial charge is 0.309 e. The molecule has 3 heterocycles. The van der Waals surface area contributed by atoms with Gasteiger partial charge in [-0.3, -0.25) is 9.69 Å². The van der Waals surface area contributed by atoms with E-state index in [1.54, 1.807) is 11.3 Å². The number of hydrogen-bond acceptors (Lipinski definition) is 4. The Bertz CT molecular complexity index is 725. The maximum atomic E-state index is 12.5. The topological polar surface area (TPSA) is 49.0 Å². The molecule has 0 bridgehead atoms. The zero-order valence-corrected chi connectivity index (χ0v) is 13.8. The third-order valence-electron chi connectivity index (χ3n) is 4.95. The molecule has 5 heteroatoms. The molecule has 118 valence electrons. The van der Waals surface area contributed by atoms with E-state index in [2.05, 4.69) is 9.88 Å². The van der Waals surface area contributed by atoms with Crippen molar-refractivity contribution in [2.24, 2.45) is 0 Å². The highest BCUT2D eigenvalue weighted by Crippen LogP contribution is 2.34. The molecule has 4 nitrogen and oxygen atoms in total. The molecule has 1 aliphatic carbocycles. The van der Waals surface area contributed by atoms with Gasteiger partial charge in [0.05, 0.1) is 11.9 Å². The summed E-state index contributed by atoms with van der Waals surface area (Å²) in [6.07, 6.45) is 9.92. The zero-order valence-electron chi connectivity index (χ0n) is 13.0. The SMILES string of the molecule is O=c1[nH]c(CN2CCCCCCC2)nc2sc3c(c12)CCC3. The van der Waals surface area contributed by atoms with Gasteiger partial charge in [0.25, 0.3) is 5.56 Å². The van der Waals surface area contributed by atoms with Crippen LogP contribution in [0.25, 0.3) is 10.2 Å². The average molecular weight is 317 g/mol. The van der Waals surface area contributed by atoms with Gasteiger partial charge in [0.15, 0.2) is 0 Å². The number of aromatic amines is 1. The smallest absolute Gasteiger partial charge is 0.259 e. The minimum absolute atomic E-state index is 0.0754. The highest BCUT2D eigenvalue weighted by atomic mass is 32.1. The second kappa shape index (κ2) is 6.13. The number of aryl methyl sites for hydroxylation is 2. The molecule has 0 unspecified atom stereocenters. The molecule has 0 saturated carbocycles. The number of fused-ring (bicyclic) bond motifs is 3. The van der Waals surface area contributed by atoms with Crippen LogP contribution in [-0.2, 0) is 19.4 Å². The van der Waals surface area contributed by atoms with Gasteiger partial charge < -0.3 is 4.98 Å². The number of thiophene rings is 1. The summed E-state index contributed by atoms with van der Waals surface area (Å²) in [7, 11) is 0. The molecule has 1 aliphatic heterocycles. The Morgan fingerprint density at radius 1 is 1.05 bits per heavy atom. The second-order valence-electron chi connectivity index (χ2n) is 6.59. The summed E-state index contributed by atoms with van der Waals surface area (Å²) < 4.78 is 0. The highest BCUT2D eigenvalue weighted by molar-refractivity contribution is 7.18. The van der Waals surface area contributed by atoms with E-state index in [-0.39, 0.29) is 5.56 Å². The summed E-state index contributed by atoms with van der Waals surface area (Å²) >= 11 is 1.73. The van der Waals surface area contributed by atoms with Crippen LogP contribution in [0.2, 0.25) is 0 Å². The lowest BCUT2D eigenvalue weighted by Gasteiger charge is -2.23. The first-order chi connectivity index (χ1) is 10.8. The highest BCUT2D eigenvalue weighted by Gasteiger charge is 2.21.